The number of amides is 1. The van der Waals surface area contributed by atoms with E-state index in [2.05, 4.69) is 5.32 Å². The van der Waals surface area contributed by atoms with Gasteiger partial charge < -0.3 is 9.84 Å². The number of hydrogen-bond donors (Lipinski definition) is 2. The van der Waals surface area contributed by atoms with Gasteiger partial charge in [-0.05, 0) is 54.9 Å². The zero-order valence-corrected chi connectivity index (χ0v) is 10.1. The minimum Gasteiger partial charge on any atom is -0.508 e. The van der Waals surface area contributed by atoms with Crippen LogP contribution in [0.25, 0.3) is 0 Å². The molecule has 1 aromatic rings. The van der Waals surface area contributed by atoms with E-state index in [1.807, 2.05) is 0 Å². The van der Waals surface area contributed by atoms with Gasteiger partial charge in [-0.25, -0.2) is 4.79 Å². The van der Waals surface area contributed by atoms with Crippen LogP contribution < -0.4 is 5.32 Å². The molecule has 2 N–H and O–H groups in total. The minimum absolute atomic E-state index is 0.180. The Morgan fingerprint density at radius 3 is 2.61 bits per heavy atom. The Morgan fingerprint density at radius 1 is 1.28 bits per heavy atom. The monoisotopic (exact) mass is 247 g/mol. The maximum Gasteiger partial charge on any atom is 0.411 e. The van der Waals surface area contributed by atoms with E-state index in [0.29, 0.717) is 18.2 Å². The van der Waals surface area contributed by atoms with Gasteiger partial charge in [-0.1, -0.05) is 6.42 Å². The maximum atomic E-state index is 11.6. The average Bonchev–Trinajstić information content (AvgIpc) is 2.80. The van der Waals surface area contributed by atoms with Crippen molar-refractivity contribution >= 4 is 11.8 Å². The first-order valence-electron chi connectivity index (χ1n) is 6.47. The molecular formula is C14H17NO3. The Balaban J connectivity index is 1.43. The van der Waals surface area contributed by atoms with E-state index in [1.54, 1.807) is 12.1 Å². The summed E-state index contributed by atoms with van der Waals surface area (Å²) in [7, 11) is 0. The fraction of sp³-hybridized carbons (Fsp3) is 0.500. The van der Waals surface area contributed by atoms with E-state index in [9.17, 15) is 4.79 Å². The summed E-state index contributed by atoms with van der Waals surface area (Å²) in [6, 6.07) is 6.34. The van der Waals surface area contributed by atoms with Gasteiger partial charge >= 0.3 is 6.09 Å². The number of hydrogen-bond acceptors (Lipinski definition) is 3. The highest BCUT2D eigenvalue weighted by Gasteiger charge is 2.52. The highest BCUT2D eigenvalue weighted by atomic mass is 16.5. The number of rotatable bonds is 3. The third kappa shape index (κ3) is 2.28. The fourth-order valence-electron chi connectivity index (χ4n) is 3.09. The molecular weight excluding hydrogens is 230 g/mol. The first-order valence-corrected chi connectivity index (χ1v) is 6.47. The number of aromatic hydroxyl groups is 1. The first-order chi connectivity index (χ1) is 8.74. The normalized spacial score (nSPS) is 28.6. The molecule has 2 atom stereocenters. The van der Waals surface area contributed by atoms with Crippen LogP contribution in [0.4, 0.5) is 10.5 Å². The average molecular weight is 247 g/mol. The van der Waals surface area contributed by atoms with Crippen LogP contribution in [0, 0.1) is 17.8 Å². The molecule has 0 bridgehead atoms. The Morgan fingerprint density at radius 2 is 1.94 bits per heavy atom. The summed E-state index contributed by atoms with van der Waals surface area (Å²) in [6.45, 7) is 0.541. The zero-order chi connectivity index (χ0) is 12.5. The number of carbonyl (C=O) groups excluding carboxylic acids is 1. The van der Waals surface area contributed by atoms with E-state index in [4.69, 9.17) is 9.84 Å². The third-order valence-electron chi connectivity index (χ3n) is 4.10. The molecule has 0 radical (unpaired) electrons. The van der Waals surface area contributed by atoms with E-state index < -0.39 is 6.09 Å². The number of phenolic OH excluding ortho intramolecular Hbond substituents is 1. The minimum atomic E-state index is -0.411. The standard InChI is InChI=1S/C14H17NO3/c16-10-6-4-9(5-7-10)15-14(17)18-8-13-11-2-1-3-12(11)13/h4-7,11-13,16H,1-3,8H2,(H,15,17). The summed E-state index contributed by atoms with van der Waals surface area (Å²) < 4.78 is 5.22. The van der Waals surface area contributed by atoms with Crippen LogP contribution in [0.3, 0.4) is 0 Å². The topological polar surface area (TPSA) is 58.6 Å². The molecule has 2 saturated carbocycles. The summed E-state index contributed by atoms with van der Waals surface area (Å²) in [5.41, 5.74) is 0.633. The fourth-order valence-corrected chi connectivity index (χ4v) is 3.09. The van der Waals surface area contributed by atoms with Gasteiger partial charge in [-0.15, -0.1) is 0 Å². The van der Waals surface area contributed by atoms with Gasteiger partial charge in [0.05, 0.1) is 6.61 Å². The van der Waals surface area contributed by atoms with Crippen LogP contribution in [0.1, 0.15) is 19.3 Å². The van der Waals surface area contributed by atoms with Crippen LogP contribution in [0.15, 0.2) is 24.3 Å². The number of ether oxygens (including phenoxy) is 1. The summed E-state index contributed by atoms with van der Waals surface area (Å²) in [4.78, 5) is 11.6. The van der Waals surface area contributed by atoms with Gasteiger partial charge in [0.25, 0.3) is 0 Å². The van der Waals surface area contributed by atoms with Crippen molar-refractivity contribution in [1.82, 2.24) is 0 Å². The molecule has 0 heterocycles. The molecule has 3 rings (SSSR count). The van der Waals surface area contributed by atoms with Crippen molar-refractivity contribution in [2.24, 2.45) is 17.8 Å². The molecule has 0 aliphatic heterocycles. The molecule has 0 spiro atoms. The van der Waals surface area contributed by atoms with E-state index in [-0.39, 0.29) is 5.75 Å². The highest BCUT2D eigenvalue weighted by molar-refractivity contribution is 5.84. The van der Waals surface area contributed by atoms with Gasteiger partial charge in [-0.3, -0.25) is 5.32 Å². The van der Waals surface area contributed by atoms with Crippen LogP contribution in [0.2, 0.25) is 0 Å². The van der Waals surface area contributed by atoms with Crippen molar-refractivity contribution in [3.8, 4) is 5.75 Å². The summed E-state index contributed by atoms with van der Waals surface area (Å²) in [5, 5.41) is 11.8. The van der Waals surface area contributed by atoms with Crippen molar-refractivity contribution in [2.75, 3.05) is 11.9 Å². The Kier molecular flexibility index (Phi) is 2.86. The Labute approximate surface area is 106 Å². The summed E-state index contributed by atoms with van der Waals surface area (Å²) in [6.07, 6.45) is 3.54. The van der Waals surface area contributed by atoms with Gasteiger partial charge in [0, 0.05) is 5.69 Å². The van der Waals surface area contributed by atoms with Crippen LogP contribution >= 0.6 is 0 Å². The first kappa shape index (κ1) is 11.4. The van der Waals surface area contributed by atoms with Crippen molar-refractivity contribution in [3.63, 3.8) is 0 Å². The van der Waals surface area contributed by atoms with E-state index in [0.717, 1.165) is 11.8 Å². The number of anilines is 1. The smallest absolute Gasteiger partial charge is 0.411 e. The lowest BCUT2D eigenvalue weighted by molar-refractivity contribution is 0.151. The number of benzene rings is 1. The lowest BCUT2D eigenvalue weighted by Crippen LogP contribution is -2.16. The quantitative estimate of drug-likeness (QED) is 0.807. The molecule has 2 fully saturated rings. The molecule has 4 heteroatoms. The molecule has 4 nitrogen and oxygen atoms in total. The van der Waals surface area contributed by atoms with E-state index in [1.165, 1.54) is 31.4 Å². The van der Waals surface area contributed by atoms with Gasteiger partial charge in [0.15, 0.2) is 0 Å². The van der Waals surface area contributed by atoms with Crippen LogP contribution in [-0.4, -0.2) is 17.8 Å². The molecule has 96 valence electrons. The van der Waals surface area contributed by atoms with Gasteiger partial charge in [-0.2, -0.15) is 0 Å². The lowest BCUT2D eigenvalue weighted by Gasteiger charge is -2.08. The van der Waals surface area contributed by atoms with Crippen molar-refractivity contribution in [1.29, 1.82) is 0 Å². The summed E-state index contributed by atoms with van der Waals surface area (Å²) >= 11 is 0. The number of phenols is 1. The van der Waals surface area contributed by atoms with E-state index >= 15 is 0 Å². The third-order valence-corrected chi connectivity index (χ3v) is 4.10. The van der Waals surface area contributed by atoms with Crippen molar-refractivity contribution in [2.45, 2.75) is 19.3 Å². The zero-order valence-electron chi connectivity index (χ0n) is 10.1. The molecule has 1 aromatic carbocycles. The molecule has 1 amide bonds. The number of carbonyl (C=O) groups is 1. The molecule has 2 unspecified atom stereocenters. The number of fused-ring (bicyclic) bond motifs is 1. The predicted octanol–water partition coefficient (Wildman–Crippen LogP) is 2.99. The lowest BCUT2D eigenvalue weighted by atomic mass is 10.2. The van der Waals surface area contributed by atoms with Crippen LogP contribution in [-0.2, 0) is 4.74 Å². The molecule has 2 aliphatic carbocycles. The van der Waals surface area contributed by atoms with Gasteiger partial charge in [0.2, 0.25) is 0 Å². The molecule has 0 aromatic heterocycles. The second-order valence-electron chi connectivity index (χ2n) is 5.19. The predicted molar refractivity (Wildman–Crippen MR) is 67.4 cm³/mol. The SMILES string of the molecule is O=C(Nc1ccc(O)cc1)OCC1C2CCCC21. The Hall–Kier alpha value is -1.71. The molecule has 0 saturated heterocycles. The second kappa shape index (κ2) is 4.52. The summed E-state index contributed by atoms with van der Waals surface area (Å²) in [5.74, 6) is 2.40. The Bertz CT molecular complexity index is 433. The molecule has 18 heavy (non-hydrogen) atoms. The van der Waals surface area contributed by atoms with Crippen molar-refractivity contribution in [3.05, 3.63) is 24.3 Å². The highest BCUT2D eigenvalue weighted by Crippen LogP contribution is 2.57. The van der Waals surface area contributed by atoms with Gasteiger partial charge in [0.1, 0.15) is 5.75 Å². The number of nitrogens with one attached hydrogen (secondary N) is 1. The van der Waals surface area contributed by atoms with Crippen LogP contribution in [0.5, 0.6) is 5.75 Å². The molecule has 2 aliphatic rings. The maximum absolute atomic E-state index is 11.6. The largest absolute Gasteiger partial charge is 0.508 e. The second-order valence-corrected chi connectivity index (χ2v) is 5.19. The van der Waals surface area contributed by atoms with Crippen molar-refractivity contribution < 1.29 is 14.6 Å².